The lowest BCUT2D eigenvalue weighted by molar-refractivity contribution is 0.0985. The van der Waals surface area contributed by atoms with E-state index in [0.717, 1.165) is 37.4 Å². The molecule has 1 heterocycles. The van der Waals surface area contributed by atoms with Gasteiger partial charge in [-0.05, 0) is 73.9 Å². The molecule has 0 spiro atoms. The van der Waals surface area contributed by atoms with Gasteiger partial charge < -0.3 is 4.90 Å². The Kier molecular flexibility index (Phi) is 7.82. The number of hydrogen-bond acceptors (Lipinski definition) is 4. The summed E-state index contributed by atoms with van der Waals surface area (Å²) in [6, 6.07) is 15.7. The van der Waals surface area contributed by atoms with Crippen molar-refractivity contribution in [2.45, 2.75) is 6.42 Å². The number of carbonyl (C=O) groups is 1. The van der Waals surface area contributed by atoms with Crippen LogP contribution in [0.25, 0.3) is 10.2 Å². The zero-order valence-electron chi connectivity index (χ0n) is 14.7. The maximum Gasteiger partial charge on any atom is 0.261 e. The standard InChI is InChI=1S/C19H20IN3OS.ClH/c1-22(2)12-7-13-23(18(24)14-8-3-4-9-15(14)20)19-21-16-10-5-6-11-17(16)25-19;/h3-6,8-11H,7,12-13H2,1-2H3;1H. The average molecular weight is 502 g/mol. The maximum atomic E-state index is 13.2. The molecule has 0 saturated heterocycles. The van der Waals surface area contributed by atoms with Crippen molar-refractivity contribution in [3.05, 3.63) is 57.7 Å². The Bertz CT molecular complexity index is 851. The Morgan fingerprint density at radius 1 is 1.08 bits per heavy atom. The molecular formula is C19H21ClIN3OS. The van der Waals surface area contributed by atoms with Crippen LogP contribution in [0.2, 0.25) is 0 Å². The van der Waals surface area contributed by atoms with E-state index in [1.807, 2.05) is 67.5 Å². The maximum absolute atomic E-state index is 13.2. The van der Waals surface area contributed by atoms with Crippen LogP contribution in [0, 0.1) is 3.57 Å². The van der Waals surface area contributed by atoms with E-state index in [1.165, 1.54) is 0 Å². The second kappa shape index (κ2) is 9.64. The molecule has 0 aliphatic heterocycles. The highest BCUT2D eigenvalue weighted by atomic mass is 127. The third kappa shape index (κ3) is 4.94. The number of halogens is 2. The first-order valence-electron chi connectivity index (χ1n) is 8.13. The molecule has 0 unspecified atom stereocenters. The second-order valence-corrected chi connectivity index (χ2v) is 8.23. The molecule has 0 aliphatic rings. The molecule has 0 atom stereocenters. The number of hydrogen-bond donors (Lipinski definition) is 0. The van der Waals surface area contributed by atoms with Crippen molar-refractivity contribution in [3.63, 3.8) is 0 Å². The lowest BCUT2D eigenvalue weighted by Gasteiger charge is -2.21. The normalized spacial score (nSPS) is 10.8. The van der Waals surface area contributed by atoms with Crippen molar-refractivity contribution in [3.8, 4) is 0 Å². The third-order valence-corrected chi connectivity index (χ3v) is 5.85. The summed E-state index contributed by atoms with van der Waals surface area (Å²) in [6.07, 6.45) is 0.901. The molecule has 2 aromatic carbocycles. The van der Waals surface area contributed by atoms with Gasteiger partial charge in [0.05, 0.1) is 15.8 Å². The number of fused-ring (bicyclic) bond motifs is 1. The second-order valence-electron chi connectivity index (χ2n) is 6.06. The first-order valence-corrected chi connectivity index (χ1v) is 10.0. The van der Waals surface area contributed by atoms with Crippen LogP contribution in [-0.2, 0) is 0 Å². The van der Waals surface area contributed by atoms with Crippen molar-refractivity contribution in [1.82, 2.24) is 9.88 Å². The first-order chi connectivity index (χ1) is 12.1. The smallest absolute Gasteiger partial charge is 0.261 e. The van der Waals surface area contributed by atoms with Crippen LogP contribution in [0.4, 0.5) is 5.13 Å². The lowest BCUT2D eigenvalue weighted by Crippen LogP contribution is -2.33. The fourth-order valence-corrected chi connectivity index (χ4v) is 4.19. The van der Waals surface area contributed by atoms with Gasteiger partial charge in [0, 0.05) is 10.1 Å². The van der Waals surface area contributed by atoms with E-state index < -0.39 is 0 Å². The van der Waals surface area contributed by atoms with Gasteiger partial charge in [-0.3, -0.25) is 9.69 Å². The number of amides is 1. The minimum absolute atomic E-state index is 0. The molecule has 4 nitrogen and oxygen atoms in total. The summed E-state index contributed by atoms with van der Waals surface area (Å²) in [7, 11) is 4.09. The van der Waals surface area contributed by atoms with E-state index in [1.54, 1.807) is 11.3 Å². The zero-order chi connectivity index (χ0) is 17.8. The summed E-state index contributed by atoms with van der Waals surface area (Å²) in [5, 5.41) is 0.768. The van der Waals surface area contributed by atoms with E-state index in [-0.39, 0.29) is 18.3 Å². The number of anilines is 1. The lowest BCUT2D eigenvalue weighted by atomic mass is 10.2. The molecule has 0 aliphatic carbocycles. The fourth-order valence-electron chi connectivity index (χ4n) is 2.58. The summed E-state index contributed by atoms with van der Waals surface area (Å²) < 4.78 is 2.06. The molecular weight excluding hydrogens is 481 g/mol. The molecule has 0 fully saturated rings. The summed E-state index contributed by atoms with van der Waals surface area (Å²) in [5.74, 6) is 0.0165. The fraction of sp³-hybridized carbons (Fsp3) is 0.263. The van der Waals surface area contributed by atoms with Crippen LogP contribution >= 0.6 is 46.3 Å². The zero-order valence-corrected chi connectivity index (χ0v) is 18.5. The van der Waals surface area contributed by atoms with Crippen LogP contribution in [0.5, 0.6) is 0 Å². The van der Waals surface area contributed by atoms with Crippen molar-refractivity contribution in [2.75, 3.05) is 32.1 Å². The van der Waals surface area contributed by atoms with Crippen LogP contribution in [-0.4, -0.2) is 43.0 Å². The van der Waals surface area contributed by atoms with Gasteiger partial charge in [-0.25, -0.2) is 4.98 Å². The highest BCUT2D eigenvalue weighted by Crippen LogP contribution is 2.30. The molecule has 7 heteroatoms. The van der Waals surface area contributed by atoms with E-state index in [4.69, 9.17) is 4.98 Å². The summed E-state index contributed by atoms with van der Waals surface area (Å²) in [6.45, 7) is 1.59. The molecule has 1 amide bonds. The van der Waals surface area contributed by atoms with Gasteiger partial charge in [-0.1, -0.05) is 35.6 Å². The molecule has 0 radical (unpaired) electrons. The third-order valence-electron chi connectivity index (χ3n) is 3.85. The number of nitrogens with zero attached hydrogens (tertiary/aromatic N) is 3. The number of rotatable bonds is 6. The van der Waals surface area contributed by atoms with Crippen LogP contribution in [0.1, 0.15) is 16.8 Å². The molecule has 0 saturated carbocycles. The van der Waals surface area contributed by atoms with Crippen LogP contribution in [0.15, 0.2) is 48.5 Å². The van der Waals surface area contributed by atoms with E-state index in [0.29, 0.717) is 6.54 Å². The number of carbonyl (C=O) groups excluding carboxylic acids is 1. The number of para-hydroxylation sites is 1. The van der Waals surface area contributed by atoms with Crippen LogP contribution < -0.4 is 4.90 Å². The summed E-state index contributed by atoms with van der Waals surface area (Å²) in [5.41, 5.74) is 1.67. The van der Waals surface area contributed by atoms with Gasteiger partial charge in [0.15, 0.2) is 5.13 Å². The minimum Gasteiger partial charge on any atom is -0.309 e. The Hall–Kier alpha value is -1.22. The summed E-state index contributed by atoms with van der Waals surface area (Å²) >= 11 is 3.79. The first kappa shape index (κ1) is 21.1. The molecule has 138 valence electrons. The molecule has 3 aromatic rings. The predicted octanol–water partition coefficient (Wildman–Crippen LogP) is 4.92. The molecule has 26 heavy (non-hydrogen) atoms. The Morgan fingerprint density at radius 2 is 1.77 bits per heavy atom. The Morgan fingerprint density at radius 3 is 2.46 bits per heavy atom. The van der Waals surface area contributed by atoms with Crippen molar-refractivity contribution in [1.29, 1.82) is 0 Å². The molecule has 1 aromatic heterocycles. The molecule has 0 bridgehead atoms. The average Bonchev–Trinajstić information content (AvgIpc) is 3.02. The predicted molar refractivity (Wildman–Crippen MR) is 121 cm³/mol. The summed E-state index contributed by atoms with van der Waals surface area (Å²) in [4.78, 5) is 21.8. The highest BCUT2D eigenvalue weighted by molar-refractivity contribution is 14.1. The quantitative estimate of drug-likeness (QED) is 0.450. The van der Waals surface area contributed by atoms with E-state index in [9.17, 15) is 4.79 Å². The van der Waals surface area contributed by atoms with E-state index >= 15 is 0 Å². The highest BCUT2D eigenvalue weighted by Gasteiger charge is 2.22. The van der Waals surface area contributed by atoms with Gasteiger partial charge >= 0.3 is 0 Å². The number of thiazole rings is 1. The number of aromatic nitrogens is 1. The minimum atomic E-state index is 0. The van der Waals surface area contributed by atoms with Gasteiger partial charge in [-0.2, -0.15) is 0 Å². The van der Waals surface area contributed by atoms with Gasteiger partial charge in [0.25, 0.3) is 5.91 Å². The largest absolute Gasteiger partial charge is 0.309 e. The SMILES string of the molecule is CN(C)CCCN(C(=O)c1ccccc1I)c1nc2ccccc2s1.Cl. The topological polar surface area (TPSA) is 36.4 Å². The van der Waals surface area contributed by atoms with E-state index in [2.05, 4.69) is 27.5 Å². The Balaban J connectivity index is 0.00000243. The van der Waals surface area contributed by atoms with Crippen LogP contribution in [0.3, 0.4) is 0 Å². The molecule has 3 rings (SSSR count). The van der Waals surface area contributed by atoms with Crippen molar-refractivity contribution >= 4 is 67.6 Å². The van der Waals surface area contributed by atoms with Gasteiger partial charge in [0.1, 0.15) is 0 Å². The van der Waals surface area contributed by atoms with Crippen molar-refractivity contribution < 1.29 is 4.79 Å². The number of benzene rings is 2. The van der Waals surface area contributed by atoms with Gasteiger partial charge in [-0.15, -0.1) is 12.4 Å². The Labute approximate surface area is 177 Å². The molecule has 0 N–H and O–H groups in total. The van der Waals surface area contributed by atoms with Gasteiger partial charge in [0.2, 0.25) is 0 Å². The monoisotopic (exact) mass is 501 g/mol. The van der Waals surface area contributed by atoms with Crippen molar-refractivity contribution in [2.24, 2.45) is 0 Å².